The van der Waals surface area contributed by atoms with Gasteiger partial charge in [0.2, 0.25) is 5.76 Å². The molecule has 0 aliphatic carbocycles. The lowest BCUT2D eigenvalue weighted by molar-refractivity contribution is 0.0563. The second kappa shape index (κ2) is 7.12. The lowest BCUT2D eigenvalue weighted by Gasteiger charge is -2.07. The molecule has 0 aliphatic rings. The third kappa shape index (κ3) is 4.22. The maximum atomic E-state index is 12.2. The molecule has 2 aromatic rings. The molecule has 4 nitrogen and oxygen atoms in total. The summed E-state index contributed by atoms with van der Waals surface area (Å²) in [4.78, 5) is 11.9. The zero-order chi connectivity index (χ0) is 15.2. The highest BCUT2D eigenvalue weighted by atomic mass is 32.2. The number of halogens is 2. The maximum Gasteiger partial charge on any atom is 0.374 e. The fraction of sp³-hybridized carbons (Fsp3) is 0.214. The predicted octanol–water partition coefficient (Wildman–Crippen LogP) is 3.99. The summed E-state index contributed by atoms with van der Waals surface area (Å²) in [5, 5.41) is 3.08. The van der Waals surface area contributed by atoms with Gasteiger partial charge in [0.05, 0.1) is 13.4 Å². The third-order valence-corrected chi connectivity index (χ3v) is 3.40. The zero-order valence-corrected chi connectivity index (χ0v) is 12.0. The molecule has 1 aromatic heterocycles. The van der Waals surface area contributed by atoms with Crippen molar-refractivity contribution in [1.29, 1.82) is 0 Å². The lowest BCUT2D eigenvalue weighted by Crippen LogP contribution is -2.06. The number of esters is 1. The molecule has 0 spiro atoms. The number of nitrogens with one attached hydrogen (secondary N) is 1. The molecule has 1 aromatic carbocycles. The van der Waals surface area contributed by atoms with Gasteiger partial charge in [0.15, 0.2) is 0 Å². The summed E-state index contributed by atoms with van der Waals surface area (Å²) in [5.41, 5.74) is 1.42. The minimum Gasteiger partial charge on any atom is -0.463 e. The van der Waals surface area contributed by atoms with Crippen LogP contribution in [0.3, 0.4) is 0 Å². The molecule has 0 fully saturated rings. The van der Waals surface area contributed by atoms with E-state index in [1.165, 1.54) is 13.4 Å². The molecule has 0 unspecified atom stereocenters. The molecule has 1 N–H and O–H groups in total. The topological polar surface area (TPSA) is 51.5 Å². The molecule has 0 aliphatic heterocycles. The van der Waals surface area contributed by atoms with Gasteiger partial charge in [-0.1, -0.05) is 11.8 Å². The number of anilines is 1. The van der Waals surface area contributed by atoms with Gasteiger partial charge in [-0.25, -0.2) is 4.79 Å². The monoisotopic (exact) mass is 313 g/mol. The van der Waals surface area contributed by atoms with Crippen molar-refractivity contribution in [3.05, 3.63) is 47.9 Å². The van der Waals surface area contributed by atoms with Crippen LogP contribution < -0.4 is 5.32 Å². The normalized spacial score (nSPS) is 10.7. The quantitative estimate of drug-likeness (QED) is 0.645. The summed E-state index contributed by atoms with van der Waals surface area (Å²) in [6.07, 6.45) is 1.41. The van der Waals surface area contributed by atoms with E-state index in [1.807, 2.05) is 0 Å². The first-order valence-corrected chi connectivity index (χ1v) is 6.91. The maximum absolute atomic E-state index is 12.2. The van der Waals surface area contributed by atoms with Crippen molar-refractivity contribution in [3.63, 3.8) is 0 Å². The van der Waals surface area contributed by atoms with E-state index in [9.17, 15) is 13.6 Å². The van der Waals surface area contributed by atoms with E-state index < -0.39 is 11.7 Å². The molecular weight excluding hydrogens is 300 g/mol. The molecule has 0 bridgehead atoms. The van der Waals surface area contributed by atoms with E-state index in [0.717, 1.165) is 5.69 Å². The number of thioether (sulfide) groups is 1. The van der Waals surface area contributed by atoms with Crippen molar-refractivity contribution >= 4 is 23.4 Å². The Labute approximate surface area is 124 Å². The first-order chi connectivity index (χ1) is 10.1. The van der Waals surface area contributed by atoms with Gasteiger partial charge in [-0.3, -0.25) is 0 Å². The highest BCUT2D eigenvalue weighted by Gasteiger charge is 2.15. The van der Waals surface area contributed by atoms with Gasteiger partial charge in [-0.2, -0.15) is 8.78 Å². The number of alkyl halides is 2. The van der Waals surface area contributed by atoms with Crippen LogP contribution in [-0.2, 0) is 11.3 Å². The number of furan rings is 1. The van der Waals surface area contributed by atoms with Crippen molar-refractivity contribution in [2.75, 3.05) is 12.4 Å². The van der Waals surface area contributed by atoms with Crippen LogP contribution >= 0.6 is 11.8 Å². The smallest absolute Gasteiger partial charge is 0.374 e. The molecule has 0 atom stereocenters. The standard InChI is InChI=1S/C14H13F2NO3S/c1-19-13(18)12-9(6-7-20-12)8-17-10-2-4-11(5-3-10)21-14(15)16/h2-7,14,17H,8H2,1H3. The second-order valence-electron chi connectivity index (χ2n) is 4.02. The fourth-order valence-corrected chi connectivity index (χ4v) is 2.20. The summed E-state index contributed by atoms with van der Waals surface area (Å²) in [6, 6.07) is 8.27. The van der Waals surface area contributed by atoms with Crippen LogP contribution in [0.1, 0.15) is 16.1 Å². The first-order valence-electron chi connectivity index (χ1n) is 6.03. The highest BCUT2D eigenvalue weighted by Crippen LogP contribution is 2.26. The van der Waals surface area contributed by atoms with Gasteiger partial charge >= 0.3 is 5.97 Å². The van der Waals surface area contributed by atoms with Gasteiger partial charge in [0, 0.05) is 22.7 Å². The van der Waals surface area contributed by atoms with Crippen molar-refractivity contribution < 1.29 is 22.7 Å². The fourth-order valence-electron chi connectivity index (χ4n) is 1.70. The Balaban J connectivity index is 1.97. The molecule has 7 heteroatoms. The minimum absolute atomic E-state index is 0.148. The van der Waals surface area contributed by atoms with Crippen LogP contribution in [0.25, 0.3) is 0 Å². The zero-order valence-electron chi connectivity index (χ0n) is 11.1. The summed E-state index contributed by atoms with van der Waals surface area (Å²) in [5.74, 6) is -2.83. The SMILES string of the molecule is COC(=O)c1occc1CNc1ccc(SC(F)F)cc1. The number of hydrogen-bond donors (Lipinski definition) is 1. The highest BCUT2D eigenvalue weighted by molar-refractivity contribution is 7.99. The largest absolute Gasteiger partial charge is 0.463 e. The Bertz CT molecular complexity index is 599. The predicted molar refractivity (Wildman–Crippen MR) is 75.7 cm³/mol. The van der Waals surface area contributed by atoms with E-state index in [0.29, 0.717) is 28.8 Å². The van der Waals surface area contributed by atoms with Crippen molar-refractivity contribution in [1.82, 2.24) is 0 Å². The van der Waals surface area contributed by atoms with E-state index >= 15 is 0 Å². The number of carbonyl (C=O) groups excluding carboxylic acids is 1. The molecule has 1 heterocycles. The average Bonchev–Trinajstić information content (AvgIpc) is 2.93. The third-order valence-electron chi connectivity index (χ3n) is 2.68. The van der Waals surface area contributed by atoms with E-state index in [1.54, 1.807) is 30.3 Å². The van der Waals surface area contributed by atoms with Crippen molar-refractivity contribution in [2.45, 2.75) is 17.2 Å². The minimum atomic E-state index is -2.43. The van der Waals surface area contributed by atoms with Crippen LogP contribution in [0.5, 0.6) is 0 Å². The Morgan fingerprint density at radius 2 is 2.05 bits per heavy atom. The van der Waals surface area contributed by atoms with Crippen LogP contribution in [0.2, 0.25) is 0 Å². The van der Waals surface area contributed by atoms with Gasteiger partial charge in [-0.05, 0) is 30.3 Å². The number of methoxy groups -OCH3 is 1. The van der Waals surface area contributed by atoms with Gasteiger partial charge < -0.3 is 14.5 Å². The van der Waals surface area contributed by atoms with Crippen molar-refractivity contribution in [3.8, 4) is 0 Å². The second-order valence-corrected chi connectivity index (χ2v) is 5.09. The van der Waals surface area contributed by atoms with E-state index in [-0.39, 0.29) is 5.76 Å². The Hall–Kier alpha value is -2.02. The van der Waals surface area contributed by atoms with Gasteiger partial charge in [0.1, 0.15) is 0 Å². The van der Waals surface area contributed by atoms with Crippen LogP contribution in [0, 0.1) is 0 Å². The Morgan fingerprint density at radius 1 is 1.33 bits per heavy atom. The Kier molecular flexibility index (Phi) is 5.21. The summed E-state index contributed by atoms with van der Waals surface area (Å²) >= 11 is 0.495. The van der Waals surface area contributed by atoms with Crippen LogP contribution in [0.4, 0.5) is 14.5 Å². The molecule has 21 heavy (non-hydrogen) atoms. The average molecular weight is 313 g/mol. The van der Waals surface area contributed by atoms with Gasteiger partial charge in [-0.15, -0.1) is 0 Å². The summed E-state index contributed by atoms with van der Waals surface area (Å²) in [7, 11) is 1.28. The summed E-state index contributed by atoms with van der Waals surface area (Å²) < 4.78 is 34.1. The summed E-state index contributed by atoms with van der Waals surface area (Å²) in [6.45, 7) is 0.363. The number of carbonyl (C=O) groups is 1. The van der Waals surface area contributed by atoms with Crippen LogP contribution in [0.15, 0.2) is 45.9 Å². The van der Waals surface area contributed by atoms with Crippen molar-refractivity contribution in [2.24, 2.45) is 0 Å². The number of benzene rings is 1. The van der Waals surface area contributed by atoms with Gasteiger partial charge in [0.25, 0.3) is 5.76 Å². The molecule has 0 saturated heterocycles. The number of rotatable bonds is 6. The molecule has 112 valence electrons. The lowest BCUT2D eigenvalue weighted by atomic mass is 10.2. The molecule has 2 rings (SSSR count). The van der Waals surface area contributed by atoms with E-state index in [2.05, 4.69) is 10.1 Å². The molecule has 0 amide bonds. The number of hydrogen-bond acceptors (Lipinski definition) is 5. The molecular formula is C14H13F2NO3S. The molecule has 0 saturated carbocycles. The van der Waals surface area contributed by atoms with Crippen LogP contribution in [-0.4, -0.2) is 18.8 Å². The Morgan fingerprint density at radius 3 is 2.67 bits per heavy atom. The number of ether oxygens (including phenoxy) is 1. The first kappa shape index (κ1) is 15.4. The molecule has 0 radical (unpaired) electrons. The van der Waals surface area contributed by atoms with E-state index in [4.69, 9.17) is 4.42 Å².